The van der Waals surface area contributed by atoms with Gasteiger partial charge in [-0.25, -0.2) is 4.98 Å². The molecule has 0 aliphatic rings. The number of halogens is 1. The van der Waals surface area contributed by atoms with Crippen LogP contribution in [-0.2, 0) is 12.1 Å². The Labute approximate surface area is 122 Å². The molecular formula is C15H19BrN2O. The monoisotopic (exact) mass is 322 g/mol. The first-order valence-corrected chi connectivity index (χ1v) is 7.41. The van der Waals surface area contributed by atoms with Crippen molar-refractivity contribution >= 4 is 15.9 Å². The van der Waals surface area contributed by atoms with Gasteiger partial charge in [0.25, 0.3) is 0 Å². The summed E-state index contributed by atoms with van der Waals surface area (Å²) < 4.78 is 3.00. The van der Waals surface area contributed by atoms with Gasteiger partial charge in [-0.3, -0.25) is 0 Å². The van der Waals surface area contributed by atoms with Crippen molar-refractivity contribution in [3.8, 4) is 0 Å². The zero-order chi connectivity index (χ0) is 13.9. The van der Waals surface area contributed by atoms with Crippen LogP contribution in [0.5, 0.6) is 0 Å². The number of aromatic nitrogens is 2. The number of rotatable bonds is 5. The molecule has 0 radical (unpaired) electrons. The number of aryl methyl sites for hydroxylation is 1. The van der Waals surface area contributed by atoms with Crippen LogP contribution < -0.4 is 0 Å². The summed E-state index contributed by atoms with van der Waals surface area (Å²) in [4.78, 5) is 4.38. The van der Waals surface area contributed by atoms with Crippen molar-refractivity contribution in [2.75, 3.05) is 0 Å². The van der Waals surface area contributed by atoms with Gasteiger partial charge in [0.1, 0.15) is 11.4 Å². The van der Waals surface area contributed by atoms with Crippen LogP contribution in [0.2, 0.25) is 0 Å². The maximum atomic E-state index is 11.1. The molecule has 1 unspecified atom stereocenters. The third kappa shape index (κ3) is 2.74. The van der Waals surface area contributed by atoms with Crippen molar-refractivity contribution in [1.29, 1.82) is 0 Å². The summed E-state index contributed by atoms with van der Waals surface area (Å²) in [5, 5.41) is 11.1. The Hall–Kier alpha value is -1.13. The van der Waals surface area contributed by atoms with Crippen molar-refractivity contribution in [1.82, 2.24) is 9.55 Å². The minimum atomic E-state index is -1.04. The lowest BCUT2D eigenvalue weighted by Gasteiger charge is -2.27. The Balaban J connectivity index is 2.50. The molecule has 0 bridgehead atoms. The number of nitrogens with zero attached hydrogens (tertiary/aromatic N) is 2. The van der Waals surface area contributed by atoms with E-state index in [1.165, 1.54) is 0 Å². The maximum absolute atomic E-state index is 11.1. The summed E-state index contributed by atoms with van der Waals surface area (Å²) in [7, 11) is 0. The highest BCUT2D eigenvalue weighted by Gasteiger charge is 2.33. The fourth-order valence-electron chi connectivity index (χ4n) is 2.33. The third-order valence-electron chi connectivity index (χ3n) is 3.36. The summed E-state index contributed by atoms with van der Waals surface area (Å²) in [6, 6.07) is 7.79. The topological polar surface area (TPSA) is 38.0 Å². The van der Waals surface area contributed by atoms with E-state index in [4.69, 9.17) is 0 Å². The molecule has 102 valence electrons. The molecule has 0 aliphatic carbocycles. The lowest BCUT2D eigenvalue weighted by Crippen LogP contribution is -2.30. The van der Waals surface area contributed by atoms with Gasteiger partial charge in [0, 0.05) is 23.4 Å². The van der Waals surface area contributed by atoms with Gasteiger partial charge in [-0.15, -0.1) is 0 Å². The summed E-state index contributed by atoms with van der Waals surface area (Å²) in [6.45, 7) is 4.96. The van der Waals surface area contributed by atoms with E-state index in [0.29, 0.717) is 6.42 Å². The predicted molar refractivity (Wildman–Crippen MR) is 79.9 cm³/mol. The third-order valence-corrected chi connectivity index (χ3v) is 3.86. The fraction of sp³-hybridized carbons (Fsp3) is 0.400. The number of aliphatic hydroxyl groups is 1. The first-order valence-electron chi connectivity index (χ1n) is 6.61. The normalized spacial score (nSPS) is 14.3. The largest absolute Gasteiger partial charge is 0.377 e. The Bertz CT molecular complexity index is 553. The summed E-state index contributed by atoms with van der Waals surface area (Å²) in [5.74, 6) is 0.718. The van der Waals surface area contributed by atoms with Gasteiger partial charge in [-0.2, -0.15) is 0 Å². The van der Waals surface area contributed by atoms with Gasteiger partial charge in [-0.1, -0.05) is 41.9 Å². The van der Waals surface area contributed by atoms with Crippen LogP contribution in [0.25, 0.3) is 0 Å². The van der Waals surface area contributed by atoms with Crippen molar-refractivity contribution < 1.29 is 5.11 Å². The summed E-state index contributed by atoms with van der Waals surface area (Å²) in [6.07, 6.45) is 5.28. The zero-order valence-electron chi connectivity index (χ0n) is 11.3. The molecule has 0 aliphatic heterocycles. The van der Waals surface area contributed by atoms with Crippen LogP contribution >= 0.6 is 15.9 Å². The van der Waals surface area contributed by atoms with Crippen LogP contribution in [0.15, 0.2) is 41.1 Å². The van der Waals surface area contributed by atoms with Crippen molar-refractivity contribution in [2.45, 2.75) is 38.8 Å². The number of hydrogen-bond acceptors (Lipinski definition) is 2. The van der Waals surface area contributed by atoms with E-state index in [1.807, 2.05) is 42.0 Å². The summed E-state index contributed by atoms with van der Waals surface area (Å²) in [5.41, 5.74) is -0.171. The van der Waals surface area contributed by atoms with E-state index in [2.05, 4.69) is 27.8 Å². The Morgan fingerprint density at radius 2 is 2.16 bits per heavy atom. The van der Waals surface area contributed by atoms with E-state index in [0.717, 1.165) is 28.8 Å². The number of imidazole rings is 1. The Morgan fingerprint density at radius 3 is 2.79 bits per heavy atom. The van der Waals surface area contributed by atoms with Crippen LogP contribution in [-0.4, -0.2) is 14.7 Å². The quantitative estimate of drug-likeness (QED) is 0.911. The maximum Gasteiger partial charge on any atom is 0.147 e. The van der Waals surface area contributed by atoms with Gasteiger partial charge in [-0.05, 0) is 30.5 Å². The highest BCUT2D eigenvalue weighted by atomic mass is 79.9. The lowest BCUT2D eigenvalue weighted by atomic mass is 9.90. The predicted octanol–water partition coefficient (Wildman–Crippen LogP) is 3.70. The molecule has 1 atom stereocenters. The highest BCUT2D eigenvalue weighted by molar-refractivity contribution is 9.10. The molecule has 2 aromatic rings. The molecule has 2 rings (SSSR count). The number of hydrogen-bond donors (Lipinski definition) is 1. The van der Waals surface area contributed by atoms with Crippen LogP contribution in [0.3, 0.4) is 0 Å². The van der Waals surface area contributed by atoms with E-state index in [1.54, 1.807) is 6.20 Å². The molecule has 0 spiro atoms. The minimum absolute atomic E-state index is 0.587. The lowest BCUT2D eigenvalue weighted by molar-refractivity contribution is 0.0629. The molecule has 4 heteroatoms. The van der Waals surface area contributed by atoms with Gasteiger partial charge in [0.2, 0.25) is 0 Å². The standard InChI is InChI=1S/C15H19BrN2O/c1-3-9-18-10-8-17-14(18)15(19,4-2)12-6-5-7-13(16)11-12/h5-8,10-11,19H,3-4,9H2,1-2H3. The molecule has 3 nitrogen and oxygen atoms in total. The second kappa shape index (κ2) is 5.88. The van der Waals surface area contributed by atoms with Crippen molar-refractivity contribution in [3.63, 3.8) is 0 Å². The molecule has 1 heterocycles. The zero-order valence-corrected chi connectivity index (χ0v) is 12.9. The molecule has 0 saturated carbocycles. The first-order chi connectivity index (χ1) is 9.11. The van der Waals surface area contributed by atoms with Gasteiger partial charge < -0.3 is 9.67 Å². The van der Waals surface area contributed by atoms with Gasteiger partial charge in [0.05, 0.1) is 0 Å². The molecule has 1 N–H and O–H groups in total. The van der Waals surface area contributed by atoms with E-state index >= 15 is 0 Å². The second-order valence-corrected chi connectivity index (χ2v) is 5.58. The second-order valence-electron chi connectivity index (χ2n) is 4.67. The highest BCUT2D eigenvalue weighted by Crippen LogP contribution is 2.33. The smallest absolute Gasteiger partial charge is 0.147 e. The molecular weight excluding hydrogens is 304 g/mol. The van der Waals surface area contributed by atoms with Crippen LogP contribution in [0.1, 0.15) is 38.1 Å². The molecule has 1 aromatic carbocycles. The molecule has 19 heavy (non-hydrogen) atoms. The Morgan fingerprint density at radius 1 is 1.37 bits per heavy atom. The van der Waals surface area contributed by atoms with Crippen LogP contribution in [0.4, 0.5) is 0 Å². The molecule has 0 amide bonds. The molecule has 0 saturated heterocycles. The Kier molecular flexibility index (Phi) is 4.42. The molecule has 1 aromatic heterocycles. The van der Waals surface area contributed by atoms with Gasteiger partial charge >= 0.3 is 0 Å². The number of benzene rings is 1. The average molecular weight is 323 g/mol. The SMILES string of the molecule is CCCn1ccnc1C(O)(CC)c1cccc(Br)c1. The van der Waals surface area contributed by atoms with E-state index in [9.17, 15) is 5.11 Å². The van der Waals surface area contributed by atoms with E-state index < -0.39 is 5.60 Å². The summed E-state index contributed by atoms with van der Waals surface area (Å²) >= 11 is 3.46. The first kappa shape index (κ1) is 14.3. The minimum Gasteiger partial charge on any atom is -0.377 e. The van der Waals surface area contributed by atoms with Crippen molar-refractivity contribution in [2.24, 2.45) is 0 Å². The van der Waals surface area contributed by atoms with Crippen molar-refractivity contribution in [3.05, 3.63) is 52.5 Å². The molecule has 0 fully saturated rings. The average Bonchev–Trinajstić information content (AvgIpc) is 2.87. The van der Waals surface area contributed by atoms with Gasteiger partial charge in [0.15, 0.2) is 0 Å². The fourth-order valence-corrected chi connectivity index (χ4v) is 2.73. The van der Waals surface area contributed by atoms with Crippen LogP contribution in [0, 0.1) is 0 Å². The van der Waals surface area contributed by atoms with E-state index in [-0.39, 0.29) is 0 Å².